The van der Waals surface area contributed by atoms with Gasteiger partial charge in [-0.15, -0.1) is 0 Å². The smallest absolute Gasteiger partial charge is 0.131 e. The van der Waals surface area contributed by atoms with Crippen molar-refractivity contribution in [2.45, 2.75) is 26.3 Å². The molecule has 82 valence electrons. The summed E-state index contributed by atoms with van der Waals surface area (Å²) in [6, 6.07) is 0. The van der Waals surface area contributed by atoms with Crippen molar-refractivity contribution < 1.29 is 4.74 Å². The van der Waals surface area contributed by atoms with E-state index in [4.69, 9.17) is 4.74 Å². The Morgan fingerprint density at radius 2 is 2.27 bits per heavy atom. The molecule has 0 radical (unpaired) electrons. The van der Waals surface area contributed by atoms with Crippen molar-refractivity contribution in [2.75, 3.05) is 20.3 Å². The third kappa shape index (κ3) is 2.33. The lowest BCUT2D eigenvalue weighted by atomic mass is 10.1. The quantitative estimate of drug-likeness (QED) is 0.789. The number of fused-ring (bicyclic) bond motifs is 1. The van der Waals surface area contributed by atoms with Gasteiger partial charge in [-0.3, -0.25) is 0 Å². The van der Waals surface area contributed by atoms with E-state index in [1.165, 1.54) is 11.3 Å². The summed E-state index contributed by atoms with van der Waals surface area (Å²) in [5.41, 5.74) is 3.60. The molecule has 4 heteroatoms. The fourth-order valence-electron chi connectivity index (χ4n) is 1.88. The highest BCUT2D eigenvalue weighted by atomic mass is 16.5. The molecule has 1 aromatic rings. The molecule has 0 saturated carbocycles. The van der Waals surface area contributed by atoms with Crippen molar-refractivity contribution in [1.82, 2.24) is 15.3 Å². The number of rotatable bonds is 3. The second-order valence-corrected chi connectivity index (χ2v) is 3.82. The normalized spacial score (nSPS) is 15.1. The number of ether oxygens (including phenoxy) is 1. The number of aryl methyl sites for hydroxylation is 1. The first kappa shape index (κ1) is 10.5. The fraction of sp³-hybridized carbons (Fsp3) is 0.636. The standard InChI is InChI=1S/C11H17N3O/c1-8-9-7-12-5-3-10(9)14-11(13-8)4-6-15-2/h12H,3-7H2,1-2H3. The lowest BCUT2D eigenvalue weighted by Gasteiger charge is -2.18. The second kappa shape index (κ2) is 4.68. The van der Waals surface area contributed by atoms with Crippen molar-refractivity contribution in [3.63, 3.8) is 0 Å². The molecule has 0 saturated heterocycles. The van der Waals surface area contributed by atoms with Gasteiger partial charge in [-0.1, -0.05) is 0 Å². The van der Waals surface area contributed by atoms with E-state index in [-0.39, 0.29) is 0 Å². The van der Waals surface area contributed by atoms with Crippen molar-refractivity contribution in [2.24, 2.45) is 0 Å². The fourth-order valence-corrected chi connectivity index (χ4v) is 1.88. The van der Waals surface area contributed by atoms with Crippen LogP contribution >= 0.6 is 0 Å². The molecule has 1 aliphatic heterocycles. The molecule has 0 spiro atoms. The van der Waals surface area contributed by atoms with Gasteiger partial charge < -0.3 is 10.1 Å². The predicted octanol–water partition coefficient (Wildman–Crippen LogP) is 0.620. The van der Waals surface area contributed by atoms with Crippen LogP contribution in [0.25, 0.3) is 0 Å². The lowest BCUT2D eigenvalue weighted by Crippen LogP contribution is -2.26. The van der Waals surface area contributed by atoms with Crippen LogP contribution in [0.3, 0.4) is 0 Å². The van der Waals surface area contributed by atoms with E-state index in [2.05, 4.69) is 22.2 Å². The molecule has 0 aromatic carbocycles. The Labute approximate surface area is 90.1 Å². The van der Waals surface area contributed by atoms with Crippen molar-refractivity contribution in [3.8, 4) is 0 Å². The molecular formula is C11H17N3O. The van der Waals surface area contributed by atoms with E-state index in [1.807, 2.05) is 0 Å². The third-order valence-corrected chi connectivity index (χ3v) is 2.72. The highest BCUT2D eigenvalue weighted by molar-refractivity contribution is 5.27. The number of nitrogens with one attached hydrogen (secondary N) is 1. The minimum atomic E-state index is 0.691. The zero-order valence-electron chi connectivity index (χ0n) is 9.34. The second-order valence-electron chi connectivity index (χ2n) is 3.82. The van der Waals surface area contributed by atoms with Gasteiger partial charge in [0.15, 0.2) is 0 Å². The highest BCUT2D eigenvalue weighted by Gasteiger charge is 2.14. The van der Waals surface area contributed by atoms with Crippen LogP contribution in [-0.2, 0) is 24.1 Å². The number of aromatic nitrogens is 2. The summed E-state index contributed by atoms with van der Waals surface area (Å²) in [7, 11) is 1.70. The molecule has 0 amide bonds. The van der Waals surface area contributed by atoms with Crippen LogP contribution in [0.4, 0.5) is 0 Å². The molecule has 2 heterocycles. The maximum Gasteiger partial charge on any atom is 0.131 e. The van der Waals surface area contributed by atoms with Gasteiger partial charge >= 0.3 is 0 Å². The van der Waals surface area contributed by atoms with E-state index in [0.717, 1.165) is 37.4 Å². The minimum Gasteiger partial charge on any atom is -0.384 e. The van der Waals surface area contributed by atoms with Crippen molar-refractivity contribution in [3.05, 3.63) is 22.8 Å². The van der Waals surface area contributed by atoms with Crippen molar-refractivity contribution in [1.29, 1.82) is 0 Å². The Morgan fingerprint density at radius 1 is 1.40 bits per heavy atom. The largest absolute Gasteiger partial charge is 0.384 e. The monoisotopic (exact) mass is 207 g/mol. The molecular weight excluding hydrogens is 190 g/mol. The van der Waals surface area contributed by atoms with Crippen LogP contribution in [0.5, 0.6) is 0 Å². The maximum atomic E-state index is 5.04. The first-order valence-corrected chi connectivity index (χ1v) is 5.36. The average Bonchev–Trinajstić information content (AvgIpc) is 2.26. The summed E-state index contributed by atoms with van der Waals surface area (Å²) in [5, 5.41) is 3.34. The summed E-state index contributed by atoms with van der Waals surface area (Å²) in [4.78, 5) is 9.07. The van der Waals surface area contributed by atoms with Gasteiger partial charge in [-0.2, -0.15) is 0 Å². The molecule has 1 aliphatic rings. The van der Waals surface area contributed by atoms with E-state index < -0.39 is 0 Å². The van der Waals surface area contributed by atoms with Crippen LogP contribution < -0.4 is 5.32 Å². The van der Waals surface area contributed by atoms with Gasteiger partial charge in [0.1, 0.15) is 5.82 Å². The zero-order valence-corrected chi connectivity index (χ0v) is 9.34. The average molecular weight is 207 g/mol. The molecule has 0 atom stereocenters. The number of nitrogens with zero attached hydrogens (tertiary/aromatic N) is 2. The van der Waals surface area contributed by atoms with Crippen LogP contribution in [0.2, 0.25) is 0 Å². The number of hydrogen-bond acceptors (Lipinski definition) is 4. The first-order chi connectivity index (χ1) is 7.31. The first-order valence-electron chi connectivity index (χ1n) is 5.36. The van der Waals surface area contributed by atoms with Gasteiger partial charge in [0.05, 0.1) is 12.3 Å². The predicted molar refractivity (Wildman–Crippen MR) is 57.8 cm³/mol. The lowest BCUT2D eigenvalue weighted by molar-refractivity contribution is 0.200. The summed E-state index contributed by atoms with van der Waals surface area (Å²) >= 11 is 0. The van der Waals surface area contributed by atoms with Crippen LogP contribution in [0.1, 0.15) is 22.8 Å². The topological polar surface area (TPSA) is 47.0 Å². The van der Waals surface area contributed by atoms with E-state index in [1.54, 1.807) is 7.11 Å². The molecule has 0 unspecified atom stereocenters. The molecule has 1 N–H and O–H groups in total. The van der Waals surface area contributed by atoms with Gasteiger partial charge in [-0.05, 0) is 6.92 Å². The Hall–Kier alpha value is -1.00. The molecule has 15 heavy (non-hydrogen) atoms. The molecule has 0 bridgehead atoms. The van der Waals surface area contributed by atoms with Crippen LogP contribution in [-0.4, -0.2) is 30.2 Å². The van der Waals surface area contributed by atoms with Gasteiger partial charge in [0.2, 0.25) is 0 Å². The number of methoxy groups -OCH3 is 1. The Bertz CT molecular complexity index is 352. The summed E-state index contributed by atoms with van der Waals surface area (Å²) < 4.78 is 5.04. The molecule has 0 aliphatic carbocycles. The summed E-state index contributed by atoms with van der Waals surface area (Å²) in [5.74, 6) is 0.912. The van der Waals surface area contributed by atoms with Gasteiger partial charge in [0.25, 0.3) is 0 Å². The van der Waals surface area contributed by atoms with E-state index in [0.29, 0.717) is 6.61 Å². The third-order valence-electron chi connectivity index (χ3n) is 2.72. The summed E-state index contributed by atoms with van der Waals surface area (Å²) in [6.07, 6.45) is 1.82. The van der Waals surface area contributed by atoms with Crippen LogP contribution in [0, 0.1) is 6.92 Å². The summed E-state index contributed by atoms with van der Waals surface area (Å²) in [6.45, 7) is 4.68. The van der Waals surface area contributed by atoms with Gasteiger partial charge in [0, 0.05) is 44.3 Å². The zero-order chi connectivity index (χ0) is 10.7. The maximum absolute atomic E-state index is 5.04. The van der Waals surface area contributed by atoms with Crippen LogP contribution in [0.15, 0.2) is 0 Å². The van der Waals surface area contributed by atoms with Gasteiger partial charge in [-0.25, -0.2) is 9.97 Å². The molecule has 2 rings (SSSR count). The Balaban J connectivity index is 2.24. The highest BCUT2D eigenvalue weighted by Crippen LogP contribution is 2.14. The van der Waals surface area contributed by atoms with E-state index >= 15 is 0 Å². The van der Waals surface area contributed by atoms with E-state index in [9.17, 15) is 0 Å². The molecule has 0 fully saturated rings. The number of hydrogen-bond donors (Lipinski definition) is 1. The Morgan fingerprint density at radius 3 is 3.07 bits per heavy atom. The minimum absolute atomic E-state index is 0.691. The SMILES string of the molecule is COCCc1nc(C)c2c(n1)CCNC2. The Kier molecular flexibility index (Phi) is 3.28. The molecule has 1 aromatic heterocycles. The van der Waals surface area contributed by atoms with Crippen molar-refractivity contribution >= 4 is 0 Å². The molecule has 4 nitrogen and oxygen atoms in total.